The second-order valence-electron chi connectivity index (χ2n) is 7.32. The van der Waals surface area contributed by atoms with Crippen molar-refractivity contribution >= 4 is 35.1 Å². The number of hydrogen-bond acceptors (Lipinski definition) is 4. The highest BCUT2D eigenvalue weighted by molar-refractivity contribution is 6.42. The summed E-state index contributed by atoms with van der Waals surface area (Å²) in [7, 11) is 1.41. The van der Waals surface area contributed by atoms with Gasteiger partial charge in [0, 0.05) is 19.5 Å². The zero-order valence-corrected chi connectivity index (χ0v) is 18.4. The highest BCUT2D eigenvalue weighted by Gasteiger charge is 2.44. The molecule has 0 bridgehead atoms. The molecular formula is C23H25Cl2NO4. The van der Waals surface area contributed by atoms with Gasteiger partial charge in [0.2, 0.25) is 5.91 Å². The summed E-state index contributed by atoms with van der Waals surface area (Å²) in [5, 5.41) is 0.813. The maximum Gasteiger partial charge on any atom is 0.316 e. The fraction of sp³-hybridized carbons (Fsp3) is 0.391. The number of halogens is 2. The highest BCUT2D eigenvalue weighted by atomic mass is 35.5. The zero-order chi connectivity index (χ0) is 21.6. The maximum atomic E-state index is 12.6. The summed E-state index contributed by atoms with van der Waals surface area (Å²) < 4.78 is 10.7. The molecule has 1 saturated heterocycles. The van der Waals surface area contributed by atoms with Crippen LogP contribution < -0.4 is 4.74 Å². The number of carbonyl (C=O) groups excluding carboxylic acids is 2. The summed E-state index contributed by atoms with van der Waals surface area (Å²) >= 11 is 12.1. The molecule has 1 aliphatic rings. The van der Waals surface area contributed by atoms with Gasteiger partial charge in [-0.1, -0.05) is 59.6 Å². The number of likely N-dealkylation sites (tertiary alicyclic amines) is 1. The van der Waals surface area contributed by atoms with Crippen molar-refractivity contribution < 1.29 is 19.1 Å². The molecule has 1 amide bonds. The number of benzene rings is 2. The van der Waals surface area contributed by atoms with Gasteiger partial charge in [-0.05, 0) is 37.0 Å². The Morgan fingerprint density at radius 2 is 1.73 bits per heavy atom. The average molecular weight is 450 g/mol. The molecule has 5 nitrogen and oxygen atoms in total. The van der Waals surface area contributed by atoms with Gasteiger partial charge in [-0.25, -0.2) is 0 Å². The van der Waals surface area contributed by atoms with Gasteiger partial charge >= 0.3 is 5.97 Å². The van der Waals surface area contributed by atoms with E-state index in [2.05, 4.69) is 0 Å². The van der Waals surface area contributed by atoms with Gasteiger partial charge in [-0.3, -0.25) is 9.59 Å². The highest BCUT2D eigenvalue weighted by Crippen LogP contribution is 2.37. The number of amides is 1. The van der Waals surface area contributed by atoms with Gasteiger partial charge in [0.25, 0.3) is 0 Å². The summed E-state index contributed by atoms with van der Waals surface area (Å²) in [5.74, 6) is 0.329. The van der Waals surface area contributed by atoms with Gasteiger partial charge in [-0.15, -0.1) is 0 Å². The Morgan fingerprint density at radius 3 is 2.40 bits per heavy atom. The van der Waals surface area contributed by atoms with Crippen molar-refractivity contribution in [3.8, 4) is 5.75 Å². The Morgan fingerprint density at radius 1 is 1.03 bits per heavy atom. The topological polar surface area (TPSA) is 55.8 Å². The van der Waals surface area contributed by atoms with E-state index in [9.17, 15) is 9.59 Å². The number of nitrogens with zero attached hydrogens (tertiary/aromatic N) is 1. The van der Waals surface area contributed by atoms with E-state index in [1.807, 2.05) is 35.2 Å². The van der Waals surface area contributed by atoms with Crippen LogP contribution in [0.3, 0.4) is 0 Å². The first-order chi connectivity index (χ1) is 14.5. The molecule has 160 valence electrons. The lowest BCUT2D eigenvalue weighted by Crippen LogP contribution is -2.49. The average Bonchev–Trinajstić information content (AvgIpc) is 2.79. The predicted molar refractivity (Wildman–Crippen MR) is 117 cm³/mol. The normalized spacial score (nSPS) is 15.5. The number of rotatable bonds is 7. The van der Waals surface area contributed by atoms with Crippen molar-refractivity contribution in [2.75, 3.05) is 26.8 Å². The quantitative estimate of drug-likeness (QED) is 0.446. The molecule has 0 radical (unpaired) electrons. The lowest BCUT2D eigenvalue weighted by molar-refractivity contribution is -0.151. The lowest BCUT2D eigenvalue weighted by Gasteiger charge is -2.40. The molecule has 1 aliphatic heterocycles. The van der Waals surface area contributed by atoms with Crippen LogP contribution in [-0.2, 0) is 19.7 Å². The maximum absolute atomic E-state index is 12.6. The first kappa shape index (κ1) is 22.4. The van der Waals surface area contributed by atoms with Gasteiger partial charge < -0.3 is 14.4 Å². The fourth-order valence-corrected chi connectivity index (χ4v) is 4.21. The third-order valence-corrected chi connectivity index (χ3v) is 6.38. The molecule has 2 aromatic carbocycles. The van der Waals surface area contributed by atoms with Crippen molar-refractivity contribution in [3.63, 3.8) is 0 Å². The number of hydrogen-bond donors (Lipinski definition) is 0. The second-order valence-corrected chi connectivity index (χ2v) is 8.11. The third kappa shape index (κ3) is 4.90. The Bertz CT molecular complexity index is 880. The summed E-state index contributed by atoms with van der Waals surface area (Å²) in [6, 6.07) is 14.9. The summed E-state index contributed by atoms with van der Waals surface area (Å²) in [5.41, 5.74) is 0.245. The van der Waals surface area contributed by atoms with E-state index in [4.69, 9.17) is 32.7 Å². The first-order valence-electron chi connectivity index (χ1n) is 9.96. The van der Waals surface area contributed by atoms with Gasteiger partial charge in [-0.2, -0.15) is 0 Å². The number of esters is 1. The molecule has 3 rings (SSSR count). The van der Waals surface area contributed by atoms with Crippen LogP contribution in [0.2, 0.25) is 10.0 Å². The molecule has 1 heterocycles. The number of methoxy groups -OCH3 is 1. The minimum Gasteiger partial charge on any atom is -0.492 e. The Labute approximate surface area is 186 Å². The third-order valence-electron chi connectivity index (χ3n) is 5.58. The SMILES string of the molecule is COC(=O)C1(c2ccccc2)CCN(C(=O)CCCOc2cccc(Cl)c2Cl)CC1. The molecule has 0 saturated carbocycles. The zero-order valence-electron chi connectivity index (χ0n) is 16.9. The van der Waals surface area contributed by atoms with E-state index in [1.165, 1.54) is 7.11 Å². The van der Waals surface area contributed by atoms with Gasteiger partial charge in [0.05, 0.1) is 24.2 Å². The Hall–Kier alpha value is -2.24. The lowest BCUT2D eigenvalue weighted by atomic mass is 9.72. The van der Waals surface area contributed by atoms with E-state index < -0.39 is 5.41 Å². The molecule has 0 spiro atoms. The van der Waals surface area contributed by atoms with Crippen LogP contribution in [0.4, 0.5) is 0 Å². The standard InChI is InChI=1S/C23H25Cl2NO4/c1-29-22(28)23(17-7-3-2-4-8-17)12-14-26(15-13-23)20(27)11-6-16-30-19-10-5-9-18(24)21(19)25/h2-5,7-10H,6,11-16H2,1H3. The summed E-state index contributed by atoms with van der Waals surface area (Å²) in [6.07, 6.45) is 2.03. The molecular weight excluding hydrogens is 425 g/mol. The molecule has 30 heavy (non-hydrogen) atoms. The van der Waals surface area contributed by atoms with Crippen LogP contribution in [0, 0.1) is 0 Å². The number of piperidine rings is 1. The molecule has 0 atom stereocenters. The van der Waals surface area contributed by atoms with Crippen molar-refractivity contribution in [2.24, 2.45) is 0 Å². The van der Waals surface area contributed by atoms with E-state index in [0.717, 1.165) is 5.56 Å². The molecule has 0 aliphatic carbocycles. The van der Waals surface area contributed by atoms with Crippen LogP contribution in [0.15, 0.2) is 48.5 Å². The molecule has 1 fully saturated rings. The van der Waals surface area contributed by atoms with E-state index in [1.54, 1.807) is 18.2 Å². The molecule has 7 heteroatoms. The summed E-state index contributed by atoms with van der Waals surface area (Å²) in [4.78, 5) is 27.0. The first-order valence-corrected chi connectivity index (χ1v) is 10.7. The van der Waals surface area contributed by atoms with Crippen molar-refractivity contribution in [1.82, 2.24) is 4.90 Å². The van der Waals surface area contributed by atoms with Crippen LogP contribution in [-0.4, -0.2) is 43.6 Å². The minimum atomic E-state index is -0.695. The minimum absolute atomic E-state index is 0.0577. The van der Waals surface area contributed by atoms with Gasteiger partial charge in [0.15, 0.2) is 0 Å². The van der Waals surface area contributed by atoms with E-state index >= 15 is 0 Å². The van der Waals surface area contributed by atoms with Crippen molar-refractivity contribution in [1.29, 1.82) is 0 Å². The van der Waals surface area contributed by atoms with E-state index in [-0.39, 0.29) is 11.9 Å². The Balaban J connectivity index is 1.52. The van der Waals surface area contributed by atoms with Crippen molar-refractivity contribution in [2.45, 2.75) is 31.1 Å². The smallest absolute Gasteiger partial charge is 0.316 e. The largest absolute Gasteiger partial charge is 0.492 e. The predicted octanol–water partition coefficient (Wildman–Crippen LogP) is 4.89. The molecule has 2 aromatic rings. The Kier molecular flexibility index (Phi) is 7.62. The van der Waals surface area contributed by atoms with Crippen LogP contribution in [0.5, 0.6) is 5.75 Å². The molecule has 0 unspecified atom stereocenters. The van der Waals surface area contributed by atoms with Crippen LogP contribution >= 0.6 is 23.2 Å². The van der Waals surface area contributed by atoms with Crippen LogP contribution in [0.1, 0.15) is 31.2 Å². The summed E-state index contributed by atoms with van der Waals surface area (Å²) in [6.45, 7) is 1.41. The second kappa shape index (κ2) is 10.2. The molecule has 0 aromatic heterocycles. The monoisotopic (exact) mass is 449 g/mol. The van der Waals surface area contributed by atoms with E-state index in [0.29, 0.717) is 61.2 Å². The van der Waals surface area contributed by atoms with Gasteiger partial charge in [0.1, 0.15) is 10.8 Å². The fourth-order valence-electron chi connectivity index (χ4n) is 3.86. The molecule has 0 N–H and O–H groups in total. The number of carbonyl (C=O) groups is 2. The van der Waals surface area contributed by atoms with Crippen LogP contribution in [0.25, 0.3) is 0 Å². The van der Waals surface area contributed by atoms with Crippen molar-refractivity contribution in [3.05, 3.63) is 64.1 Å². The number of ether oxygens (including phenoxy) is 2.